The number of carboxylic acid groups (broad SMARTS) is 1. The molecule has 58 valence electrons. The minimum absolute atomic E-state index is 0.210. The number of nitrogens with two attached hydrogens (primary N) is 1. The molecule has 7 nitrogen and oxygen atoms in total. The Bertz CT molecular complexity index is 156. The summed E-state index contributed by atoms with van der Waals surface area (Å²) >= 11 is 0. The van der Waals surface area contributed by atoms with E-state index < -0.39 is 18.6 Å². The Morgan fingerprint density at radius 1 is 1.90 bits per heavy atom. The van der Waals surface area contributed by atoms with Crippen LogP contribution in [0.4, 0.5) is 0 Å². The number of hydroxylamine groups is 1. The van der Waals surface area contributed by atoms with Crippen LogP contribution in [0.2, 0.25) is 0 Å². The maximum atomic E-state index is 10.1. The molecular formula is C3H7N3O4. The van der Waals surface area contributed by atoms with E-state index in [4.69, 9.17) is 16.0 Å². The lowest BCUT2D eigenvalue weighted by Crippen LogP contribution is -2.37. The van der Waals surface area contributed by atoms with E-state index in [1.165, 1.54) is 0 Å². The zero-order valence-electron chi connectivity index (χ0n) is 4.97. The molecule has 0 rings (SSSR count). The highest BCUT2D eigenvalue weighted by molar-refractivity contribution is 5.73. The maximum absolute atomic E-state index is 10.1. The lowest BCUT2D eigenvalue weighted by molar-refractivity contribution is -0.556. The SMILES string of the molecule is NC(C/[N+]([O-])=N\O)C(=O)O. The number of hydrogen-bond acceptors (Lipinski definition) is 4. The number of aliphatic carboxylic acids is 1. The summed E-state index contributed by atoms with van der Waals surface area (Å²) in [6.45, 7) is -0.564. The van der Waals surface area contributed by atoms with E-state index in [1.807, 2.05) is 0 Å². The van der Waals surface area contributed by atoms with Crippen molar-refractivity contribution >= 4 is 5.97 Å². The van der Waals surface area contributed by atoms with Crippen molar-refractivity contribution in [2.75, 3.05) is 6.54 Å². The molecule has 0 aromatic rings. The molecule has 0 aromatic carbocycles. The molecule has 0 aliphatic rings. The predicted octanol–water partition coefficient (Wildman–Crippen LogP) is -1.25. The van der Waals surface area contributed by atoms with Crippen molar-refractivity contribution < 1.29 is 20.0 Å². The lowest BCUT2D eigenvalue weighted by Gasteiger charge is -2.01. The van der Waals surface area contributed by atoms with Gasteiger partial charge < -0.3 is 21.3 Å². The Balaban J connectivity index is 3.80. The number of hydrogen-bond donors (Lipinski definition) is 3. The summed E-state index contributed by atoms with van der Waals surface area (Å²) in [5, 5.41) is 28.1. The average molecular weight is 149 g/mol. The van der Waals surface area contributed by atoms with Crippen LogP contribution in [0.3, 0.4) is 0 Å². The Kier molecular flexibility index (Phi) is 3.12. The second-order valence-corrected chi connectivity index (χ2v) is 1.57. The van der Waals surface area contributed by atoms with E-state index in [0.29, 0.717) is 0 Å². The van der Waals surface area contributed by atoms with E-state index in [1.54, 1.807) is 0 Å². The van der Waals surface area contributed by atoms with Gasteiger partial charge in [0.25, 0.3) is 0 Å². The lowest BCUT2D eigenvalue weighted by atomic mass is 10.3. The fraction of sp³-hybridized carbons (Fsp3) is 0.667. The van der Waals surface area contributed by atoms with Gasteiger partial charge in [0.2, 0.25) is 6.54 Å². The van der Waals surface area contributed by atoms with Crippen LogP contribution >= 0.6 is 0 Å². The summed E-state index contributed by atoms with van der Waals surface area (Å²) in [4.78, 5) is 9.73. The Morgan fingerprint density at radius 2 is 2.40 bits per heavy atom. The summed E-state index contributed by atoms with van der Waals surface area (Å²) in [6, 6.07) is -1.33. The zero-order chi connectivity index (χ0) is 8.15. The topological polar surface area (TPSA) is 122 Å². The third kappa shape index (κ3) is 2.82. The minimum atomic E-state index is -1.33. The van der Waals surface area contributed by atoms with Crippen molar-refractivity contribution in [3.05, 3.63) is 5.21 Å². The van der Waals surface area contributed by atoms with E-state index in [-0.39, 0.29) is 4.86 Å². The van der Waals surface area contributed by atoms with Gasteiger partial charge in [-0.25, -0.2) is 0 Å². The summed E-state index contributed by atoms with van der Waals surface area (Å²) in [7, 11) is 0. The summed E-state index contributed by atoms with van der Waals surface area (Å²) in [6.07, 6.45) is 0. The highest BCUT2D eigenvalue weighted by Crippen LogP contribution is 1.80. The summed E-state index contributed by atoms with van der Waals surface area (Å²) in [5.41, 5.74) is 4.88. The van der Waals surface area contributed by atoms with Gasteiger partial charge in [-0.3, -0.25) is 4.79 Å². The van der Waals surface area contributed by atoms with Crippen LogP contribution in [0.5, 0.6) is 0 Å². The largest absolute Gasteiger partial charge is 0.597 e. The Morgan fingerprint density at radius 3 is 2.70 bits per heavy atom. The van der Waals surface area contributed by atoms with Crippen molar-refractivity contribution in [2.24, 2.45) is 11.0 Å². The normalized spacial score (nSPS) is 14.7. The Hall–Kier alpha value is -1.37. The molecule has 0 amide bonds. The number of rotatable bonds is 3. The molecule has 0 radical (unpaired) electrons. The van der Waals surface area contributed by atoms with Gasteiger partial charge in [0.1, 0.15) is 0 Å². The third-order valence-electron chi connectivity index (χ3n) is 0.770. The molecule has 0 aromatic heterocycles. The highest BCUT2D eigenvalue weighted by atomic mass is 16.6. The smallest absolute Gasteiger partial charge is 0.327 e. The molecule has 1 unspecified atom stereocenters. The fourth-order valence-corrected chi connectivity index (χ4v) is 0.283. The third-order valence-corrected chi connectivity index (χ3v) is 0.770. The van der Waals surface area contributed by atoms with Gasteiger partial charge >= 0.3 is 5.97 Å². The predicted molar refractivity (Wildman–Crippen MR) is 28.3 cm³/mol. The molecule has 4 N–H and O–H groups in total. The fourth-order valence-electron chi connectivity index (χ4n) is 0.283. The van der Waals surface area contributed by atoms with Crippen molar-refractivity contribution in [3.63, 3.8) is 0 Å². The van der Waals surface area contributed by atoms with Crippen molar-refractivity contribution in [3.8, 4) is 0 Å². The van der Waals surface area contributed by atoms with Gasteiger partial charge in [0.15, 0.2) is 11.3 Å². The first kappa shape index (κ1) is 8.63. The van der Waals surface area contributed by atoms with Gasteiger partial charge in [-0.05, 0) is 0 Å². The number of carbonyl (C=O) groups is 1. The van der Waals surface area contributed by atoms with E-state index in [0.717, 1.165) is 0 Å². The number of carboxylic acids is 1. The number of nitrogens with zero attached hydrogens (tertiary/aromatic N) is 2. The van der Waals surface area contributed by atoms with E-state index >= 15 is 0 Å². The first-order chi connectivity index (χ1) is 4.57. The molecule has 1 atom stereocenters. The second kappa shape index (κ2) is 3.62. The van der Waals surface area contributed by atoms with Crippen LogP contribution in [0.15, 0.2) is 5.28 Å². The van der Waals surface area contributed by atoms with Crippen molar-refractivity contribution in [2.45, 2.75) is 6.04 Å². The molecule has 0 heterocycles. The van der Waals surface area contributed by atoms with E-state index in [9.17, 15) is 10.0 Å². The first-order valence-electron chi connectivity index (χ1n) is 2.36. The van der Waals surface area contributed by atoms with Gasteiger partial charge in [-0.15, -0.1) is 0 Å². The standard InChI is InChI=1S/C3H7N3O4/c4-2(3(7)8)1-6(10)5-9/h2,9H,1,4H2,(H,7,8)/b6-5+. The van der Waals surface area contributed by atoms with Gasteiger partial charge in [-0.1, -0.05) is 4.86 Å². The minimum Gasteiger partial charge on any atom is -0.597 e. The summed E-state index contributed by atoms with van der Waals surface area (Å²) in [5.74, 6) is -1.32. The maximum Gasteiger partial charge on any atom is 0.327 e. The Labute approximate surface area is 55.9 Å². The van der Waals surface area contributed by atoms with Crippen LogP contribution in [-0.4, -0.2) is 33.7 Å². The van der Waals surface area contributed by atoms with Crippen LogP contribution in [-0.2, 0) is 4.79 Å². The van der Waals surface area contributed by atoms with Crippen molar-refractivity contribution in [1.82, 2.24) is 0 Å². The van der Waals surface area contributed by atoms with Gasteiger partial charge in [0.05, 0.1) is 0 Å². The highest BCUT2D eigenvalue weighted by Gasteiger charge is 2.16. The average Bonchev–Trinajstić information content (AvgIpc) is 1.87. The zero-order valence-corrected chi connectivity index (χ0v) is 4.97. The molecule has 0 bridgehead atoms. The summed E-state index contributed by atoms with van der Waals surface area (Å²) < 4.78 is 0. The molecule has 0 aliphatic carbocycles. The molecule has 0 spiro atoms. The molecule has 7 heteroatoms. The molecular weight excluding hydrogens is 142 g/mol. The molecule has 10 heavy (non-hydrogen) atoms. The van der Waals surface area contributed by atoms with Crippen molar-refractivity contribution in [1.29, 1.82) is 0 Å². The molecule has 0 aliphatic heterocycles. The van der Waals surface area contributed by atoms with Crippen LogP contribution in [0.25, 0.3) is 0 Å². The monoisotopic (exact) mass is 149 g/mol. The molecule has 0 saturated heterocycles. The van der Waals surface area contributed by atoms with Gasteiger partial charge in [0, 0.05) is 0 Å². The van der Waals surface area contributed by atoms with Crippen LogP contribution in [0, 0.1) is 5.21 Å². The van der Waals surface area contributed by atoms with Gasteiger partial charge in [-0.2, -0.15) is 0 Å². The second-order valence-electron chi connectivity index (χ2n) is 1.57. The molecule has 0 saturated carbocycles. The quantitative estimate of drug-likeness (QED) is 0.263. The van der Waals surface area contributed by atoms with Crippen LogP contribution < -0.4 is 5.73 Å². The van der Waals surface area contributed by atoms with Crippen LogP contribution in [0.1, 0.15) is 0 Å². The first-order valence-corrected chi connectivity index (χ1v) is 2.36. The molecule has 0 fully saturated rings. The van der Waals surface area contributed by atoms with E-state index in [2.05, 4.69) is 5.28 Å².